The average Bonchev–Trinajstić information content (AvgIpc) is 2.77. The van der Waals surface area contributed by atoms with Crippen molar-refractivity contribution in [2.75, 3.05) is 13.7 Å². The van der Waals surface area contributed by atoms with Gasteiger partial charge in [0.1, 0.15) is 18.3 Å². The van der Waals surface area contributed by atoms with Crippen LogP contribution < -0.4 is 0 Å². The van der Waals surface area contributed by atoms with E-state index in [9.17, 15) is 5.11 Å². The number of hydrogen-bond acceptors (Lipinski definition) is 6. The standard InChI is InChI=1S/C21H25N3O5/c1-26-21-20(28-14-16-10-6-3-7-11-16)19(18(25)17(29-21)12-23-24-22)27-13-15-8-4-2-5-9-15/h2-11,17-21,25H,12-14H2,1H3. The topological polar surface area (TPSA) is 106 Å². The number of nitrogens with zero attached hydrogens (tertiary/aromatic N) is 3. The number of rotatable bonds is 9. The van der Waals surface area contributed by atoms with Gasteiger partial charge in [-0.25, -0.2) is 0 Å². The number of ether oxygens (including phenoxy) is 4. The van der Waals surface area contributed by atoms with Crippen molar-refractivity contribution in [1.29, 1.82) is 0 Å². The van der Waals surface area contributed by atoms with E-state index < -0.39 is 30.7 Å². The summed E-state index contributed by atoms with van der Waals surface area (Å²) in [6.07, 6.45) is -3.97. The van der Waals surface area contributed by atoms with Crippen LogP contribution in [0.25, 0.3) is 10.4 Å². The van der Waals surface area contributed by atoms with E-state index in [2.05, 4.69) is 10.0 Å². The van der Waals surface area contributed by atoms with Crippen LogP contribution in [0, 0.1) is 0 Å². The van der Waals surface area contributed by atoms with E-state index in [4.69, 9.17) is 24.5 Å². The number of aliphatic hydroxyl groups excluding tert-OH is 1. The maximum atomic E-state index is 10.8. The van der Waals surface area contributed by atoms with Crippen molar-refractivity contribution < 1.29 is 24.1 Å². The third-order valence-electron chi connectivity index (χ3n) is 4.75. The van der Waals surface area contributed by atoms with Crippen molar-refractivity contribution in [3.05, 3.63) is 82.2 Å². The Balaban J connectivity index is 1.76. The van der Waals surface area contributed by atoms with Gasteiger partial charge in [0.25, 0.3) is 0 Å². The van der Waals surface area contributed by atoms with Gasteiger partial charge in [-0.05, 0) is 16.7 Å². The van der Waals surface area contributed by atoms with Crippen molar-refractivity contribution in [2.24, 2.45) is 5.11 Å². The van der Waals surface area contributed by atoms with E-state index >= 15 is 0 Å². The lowest BCUT2D eigenvalue weighted by Crippen LogP contribution is -2.60. The third kappa shape index (κ3) is 5.77. The summed E-state index contributed by atoms with van der Waals surface area (Å²) < 4.78 is 23.4. The van der Waals surface area contributed by atoms with Crippen LogP contribution >= 0.6 is 0 Å². The Kier molecular flexibility index (Phi) is 8.01. The summed E-state index contributed by atoms with van der Waals surface area (Å²) >= 11 is 0. The van der Waals surface area contributed by atoms with Gasteiger partial charge in [0.15, 0.2) is 6.29 Å². The molecule has 1 N–H and O–H groups in total. The average molecular weight is 399 g/mol. The number of methoxy groups -OCH3 is 1. The van der Waals surface area contributed by atoms with Crippen molar-refractivity contribution in [3.63, 3.8) is 0 Å². The van der Waals surface area contributed by atoms with Gasteiger partial charge in [-0.15, -0.1) is 0 Å². The van der Waals surface area contributed by atoms with Gasteiger partial charge in [-0.1, -0.05) is 65.8 Å². The highest BCUT2D eigenvalue weighted by atomic mass is 16.7. The first-order valence-electron chi connectivity index (χ1n) is 9.41. The second-order valence-electron chi connectivity index (χ2n) is 6.71. The highest BCUT2D eigenvalue weighted by molar-refractivity contribution is 5.14. The molecule has 1 aliphatic heterocycles. The number of hydrogen-bond donors (Lipinski definition) is 1. The Bertz CT molecular complexity index is 785. The molecule has 0 saturated carbocycles. The molecule has 0 bridgehead atoms. The summed E-state index contributed by atoms with van der Waals surface area (Å²) in [6, 6.07) is 19.3. The Morgan fingerprint density at radius 2 is 1.52 bits per heavy atom. The molecule has 5 atom stereocenters. The van der Waals surface area contributed by atoms with Crippen LogP contribution in [0.1, 0.15) is 11.1 Å². The number of azide groups is 1. The third-order valence-corrected chi connectivity index (χ3v) is 4.75. The van der Waals surface area contributed by atoms with Crippen LogP contribution in [0.5, 0.6) is 0 Å². The highest BCUT2D eigenvalue weighted by Gasteiger charge is 2.46. The molecular formula is C21H25N3O5. The second-order valence-corrected chi connectivity index (χ2v) is 6.71. The van der Waals surface area contributed by atoms with Crippen LogP contribution in [-0.2, 0) is 32.2 Å². The molecule has 0 aliphatic carbocycles. The van der Waals surface area contributed by atoms with Crippen molar-refractivity contribution in [2.45, 2.75) is 43.9 Å². The number of benzene rings is 2. The van der Waals surface area contributed by atoms with E-state index in [0.717, 1.165) is 11.1 Å². The Labute approximate surface area is 169 Å². The molecular weight excluding hydrogens is 374 g/mol. The van der Waals surface area contributed by atoms with Gasteiger partial charge in [0.2, 0.25) is 0 Å². The SMILES string of the molecule is COC1OC(CN=[N+]=[N-])C(O)C(OCc2ccccc2)C1OCc1ccccc1. The molecule has 1 aliphatic rings. The molecule has 154 valence electrons. The highest BCUT2D eigenvalue weighted by Crippen LogP contribution is 2.28. The molecule has 2 aromatic rings. The van der Waals surface area contributed by atoms with Crippen LogP contribution in [0.4, 0.5) is 0 Å². The smallest absolute Gasteiger partial charge is 0.186 e. The predicted octanol–water partition coefficient (Wildman–Crippen LogP) is 3.20. The summed E-state index contributed by atoms with van der Waals surface area (Å²) in [5, 5.41) is 14.4. The van der Waals surface area contributed by atoms with E-state index in [1.54, 1.807) is 0 Å². The molecule has 0 spiro atoms. The van der Waals surface area contributed by atoms with Crippen molar-refractivity contribution in [3.8, 4) is 0 Å². The summed E-state index contributed by atoms with van der Waals surface area (Å²) in [6.45, 7) is 0.570. The van der Waals surface area contributed by atoms with Crippen LogP contribution in [0.3, 0.4) is 0 Å². The molecule has 5 unspecified atom stereocenters. The second kappa shape index (κ2) is 10.9. The lowest BCUT2D eigenvalue weighted by atomic mass is 9.98. The molecule has 1 saturated heterocycles. The fraction of sp³-hybridized carbons (Fsp3) is 0.429. The monoisotopic (exact) mass is 399 g/mol. The van der Waals surface area contributed by atoms with Crippen molar-refractivity contribution in [1.82, 2.24) is 0 Å². The number of aliphatic hydroxyl groups is 1. The van der Waals surface area contributed by atoms with Gasteiger partial charge in [0, 0.05) is 12.0 Å². The Hall–Kier alpha value is -2.45. The van der Waals surface area contributed by atoms with E-state index in [1.165, 1.54) is 7.11 Å². The zero-order valence-electron chi connectivity index (χ0n) is 16.2. The summed E-state index contributed by atoms with van der Waals surface area (Å²) in [7, 11) is 1.50. The molecule has 8 heteroatoms. The van der Waals surface area contributed by atoms with E-state index in [-0.39, 0.29) is 6.54 Å². The Morgan fingerprint density at radius 3 is 2.03 bits per heavy atom. The fourth-order valence-electron chi connectivity index (χ4n) is 3.25. The maximum absolute atomic E-state index is 10.8. The first kappa shape index (κ1) is 21.3. The summed E-state index contributed by atoms with van der Waals surface area (Å²) in [5.74, 6) is 0. The Morgan fingerprint density at radius 1 is 0.966 bits per heavy atom. The molecule has 0 radical (unpaired) electrons. The molecule has 8 nitrogen and oxygen atoms in total. The van der Waals surface area contributed by atoms with E-state index in [1.807, 2.05) is 60.7 Å². The first-order chi connectivity index (χ1) is 14.2. The van der Waals surface area contributed by atoms with E-state index in [0.29, 0.717) is 13.2 Å². The molecule has 1 fully saturated rings. The molecule has 29 heavy (non-hydrogen) atoms. The molecule has 0 amide bonds. The minimum Gasteiger partial charge on any atom is -0.388 e. The maximum Gasteiger partial charge on any atom is 0.186 e. The van der Waals surface area contributed by atoms with Gasteiger partial charge < -0.3 is 24.1 Å². The van der Waals surface area contributed by atoms with Crippen LogP contribution in [-0.4, -0.2) is 49.5 Å². The fourth-order valence-corrected chi connectivity index (χ4v) is 3.25. The quantitative estimate of drug-likeness (QED) is 0.396. The van der Waals surface area contributed by atoms with Crippen LogP contribution in [0.2, 0.25) is 0 Å². The zero-order valence-corrected chi connectivity index (χ0v) is 16.2. The minimum absolute atomic E-state index is 0.0336. The largest absolute Gasteiger partial charge is 0.388 e. The van der Waals surface area contributed by atoms with Crippen LogP contribution in [0.15, 0.2) is 65.8 Å². The summed E-state index contributed by atoms with van der Waals surface area (Å²) in [5.41, 5.74) is 10.6. The summed E-state index contributed by atoms with van der Waals surface area (Å²) in [4.78, 5) is 2.75. The lowest BCUT2D eigenvalue weighted by Gasteiger charge is -2.43. The van der Waals surface area contributed by atoms with Crippen molar-refractivity contribution >= 4 is 0 Å². The molecule has 1 heterocycles. The zero-order chi connectivity index (χ0) is 20.5. The predicted molar refractivity (Wildman–Crippen MR) is 106 cm³/mol. The molecule has 0 aromatic heterocycles. The van der Waals surface area contributed by atoms with Gasteiger partial charge in [-0.2, -0.15) is 0 Å². The first-order valence-corrected chi connectivity index (χ1v) is 9.41. The lowest BCUT2D eigenvalue weighted by molar-refractivity contribution is -0.308. The normalized spacial score (nSPS) is 26.6. The van der Waals surface area contributed by atoms with Gasteiger partial charge in [0.05, 0.1) is 25.9 Å². The molecule has 2 aromatic carbocycles. The van der Waals surface area contributed by atoms with Gasteiger partial charge >= 0.3 is 0 Å². The molecule has 3 rings (SSSR count). The van der Waals surface area contributed by atoms with Gasteiger partial charge in [-0.3, -0.25) is 0 Å². The minimum atomic E-state index is -1.05.